The molecule has 0 aliphatic carbocycles. The lowest BCUT2D eigenvalue weighted by Gasteiger charge is -2.20. The highest BCUT2D eigenvalue weighted by molar-refractivity contribution is 5.90. The average molecular weight is 230 g/mol. The summed E-state index contributed by atoms with van der Waals surface area (Å²) in [5, 5.41) is 7.13. The van der Waals surface area contributed by atoms with Gasteiger partial charge >= 0.3 is 0 Å². The Labute approximate surface area is 90.8 Å². The number of nitrogens with two attached hydrogens (primary N) is 2. The molecular weight excluding hydrogens is 218 g/mol. The summed E-state index contributed by atoms with van der Waals surface area (Å²) < 4.78 is 24.4. The van der Waals surface area contributed by atoms with E-state index in [1.807, 2.05) is 0 Å². The Bertz CT molecular complexity index is 394. The number of aromatic nitrogens is 2. The Hall–Kier alpha value is -1.99. The molecule has 1 heterocycles. The van der Waals surface area contributed by atoms with Crippen molar-refractivity contribution in [1.82, 2.24) is 9.97 Å². The van der Waals surface area contributed by atoms with E-state index < -0.39 is 13.0 Å². The van der Waals surface area contributed by atoms with Gasteiger partial charge in [0.1, 0.15) is 11.6 Å². The summed E-state index contributed by atoms with van der Waals surface area (Å²) in [7, 11) is 1.42. The van der Waals surface area contributed by atoms with Crippen molar-refractivity contribution in [2.45, 2.75) is 6.43 Å². The first kappa shape index (κ1) is 12.1. The van der Waals surface area contributed by atoms with Crippen LogP contribution in [0.25, 0.3) is 0 Å². The fraction of sp³-hybridized carbons (Fsp3) is 0.375. The zero-order valence-electron chi connectivity index (χ0n) is 8.61. The number of halogens is 2. The van der Waals surface area contributed by atoms with E-state index in [2.05, 4.69) is 9.97 Å². The van der Waals surface area contributed by atoms with Gasteiger partial charge in [-0.15, -0.1) is 0 Å². The van der Waals surface area contributed by atoms with Gasteiger partial charge in [0.25, 0.3) is 6.43 Å². The van der Waals surface area contributed by atoms with Crippen LogP contribution in [0, 0.1) is 5.41 Å². The predicted molar refractivity (Wildman–Crippen MR) is 58.0 cm³/mol. The van der Waals surface area contributed by atoms with Crippen molar-refractivity contribution >= 4 is 23.8 Å². The number of nitrogens with one attached hydrogen (secondary N) is 1. The minimum atomic E-state index is -2.51. The van der Waals surface area contributed by atoms with Crippen LogP contribution in [0.2, 0.25) is 0 Å². The van der Waals surface area contributed by atoms with Crippen molar-refractivity contribution < 1.29 is 8.78 Å². The van der Waals surface area contributed by atoms with E-state index in [0.717, 1.165) is 6.21 Å². The Morgan fingerprint density at radius 1 is 1.44 bits per heavy atom. The standard InChI is InChI=1S/C8H12F2N6/c1-16(3-5(9)10)7-4(2-11)6(12)14-8(13)15-7/h2,5,11H,3H2,1H3,(H4,12,13,14,15). The highest BCUT2D eigenvalue weighted by atomic mass is 19.3. The number of nitrogen functional groups attached to an aromatic ring is 2. The van der Waals surface area contributed by atoms with Gasteiger partial charge in [-0.25, -0.2) is 8.78 Å². The molecule has 88 valence electrons. The quantitative estimate of drug-likeness (QED) is 0.647. The topological polar surface area (TPSA) is 105 Å². The van der Waals surface area contributed by atoms with E-state index in [-0.39, 0.29) is 23.1 Å². The molecular formula is C8H12F2N6. The smallest absolute Gasteiger partial charge is 0.255 e. The van der Waals surface area contributed by atoms with Gasteiger partial charge in [0, 0.05) is 13.3 Å². The molecule has 0 radical (unpaired) electrons. The van der Waals surface area contributed by atoms with Gasteiger partial charge in [-0.1, -0.05) is 0 Å². The van der Waals surface area contributed by atoms with Gasteiger partial charge in [-0.3, -0.25) is 0 Å². The second-order valence-electron chi connectivity index (χ2n) is 3.12. The van der Waals surface area contributed by atoms with Gasteiger partial charge in [0.05, 0.1) is 12.1 Å². The summed E-state index contributed by atoms with van der Waals surface area (Å²) in [5.74, 6) is 0.0122. The van der Waals surface area contributed by atoms with E-state index in [4.69, 9.17) is 16.9 Å². The van der Waals surface area contributed by atoms with Crippen LogP contribution >= 0.6 is 0 Å². The van der Waals surface area contributed by atoms with E-state index in [1.54, 1.807) is 0 Å². The Balaban J connectivity index is 3.15. The molecule has 0 unspecified atom stereocenters. The summed E-state index contributed by atoms with van der Waals surface area (Å²) in [5.41, 5.74) is 11.0. The number of anilines is 3. The van der Waals surface area contributed by atoms with Gasteiger partial charge in [0.2, 0.25) is 5.95 Å². The van der Waals surface area contributed by atoms with E-state index in [1.165, 1.54) is 11.9 Å². The highest BCUT2D eigenvalue weighted by Crippen LogP contribution is 2.21. The number of rotatable bonds is 4. The van der Waals surface area contributed by atoms with Gasteiger partial charge in [0.15, 0.2) is 0 Å². The van der Waals surface area contributed by atoms with E-state index >= 15 is 0 Å². The van der Waals surface area contributed by atoms with Crippen molar-refractivity contribution in [1.29, 1.82) is 5.41 Å². The maximum atomic E-state index is 12.2. The Morgan fingerprint density at radius 2 is 2.06 bits per heavy atom. The van der Waals surface area contributed by atoms with Crippen molar-refractivity contribution in [2.75, 3.05) is 30.0 Å². The zero-order valence-corrected chi connectivity index (χ0v) is 8.61. The largest absolute Gasteiger partial charge is 0.383 e. The number of hydrogen-bond donors (Lipinski definition) is 3. The summed E-state index contributed by atoms with van der Waals surface area (Å²) >= 11 is 0. The summed E-state index contributed by atoms with van der Waals surface area (Å²) in [6.07, 6.45) is -1.60. The van der Waals surface area contributed by atoms with Gasteiger partial charge in [-0.2, -0.15) is 9.97 Å². The van der Waals surface area contributed by atoms with Crippen LogP contribution in [0.3, 0.4) is 0 Å². The summed E-state index contributed by atoms with van der Waals surface area (Å²) in [4.78, 5) is 8.61. The molecule has 0 fully saturated rings. The second-order valence-corrected chi connectivity index (χ2v) is 3.12. The third-order valence-electron chi connectivity index (χ3n) is 1.89. The van der Waals surface area contributed by atoms with Crippen molar-refractivity contribution in [2.24, 2.45) is 0 Å². The van der Waals surface area contributed by atoms with E-state index in [9.17, 15) is 8.78 Å². The lowest BCUT2D eigenvalue weighted by atomic mass is 10.3. The molecule has 16 heavy (non-hydrogen) atoms. The first-order valence-electron chi connectivity index (χ1n) is 4.38. The van der Waals surface area contributed by atoms with Gasteiger partial charge in [-0.05, 0) is 0 Å². The fourth-order valence-electron chi connectivity index (χ4n) is 1.21. The minimum absolute atomic E-state index is 0.00128. The van der Waals surface area contributed by atoms with Crippen LogP contribution < -0.4 is 16.4 Å². The molecule has 1 aromatic rings. The summed E-state index contributed by atoms with van der Waals surface area (Å²) in [6, 6.07) is 0. The molecule has 0 atom stereocenters. The number of hydrogen-bond acceptors (Lipinski definition) is 6. The third kappa shape index (κ3) is 2.53. The van der Waals surface area contributed by atoms with Crippen LogP contribution in [0.4, 0.5) is 26.4 Å². The first-order valence-corrected chi connectivity index (χ1v) is 4.38. The van der Waals surface area contributed by atoms with Crippen LogP contribution in [-0.4, -0.2) is 36.2 Å². The molecule has 8 heteroatoms. The molecule has 0 spiro atoms. The number of alkyl halides is 2. The molecule has 0 bridgehead atoms. The van der Waals surface area contributed by atoms with Crippen LogP contribution in [0.1, 0.15) is 5.56 Å². The fourth-order valence-corrected chi connectivity index (χ4v) is 1.21. The highest BCUT2D eigenvalue weighted by Gasteiger charge is 2.16. The SMILES string of the molecule is CN(CC(F)F)c1nc(N)nc(N)c1C=N. The lowest BCUT2D eigenvalue weighted by molar-refractivity contribution is 0.156. The predicted octanol–water partition coefficient (Wildman–Crippen LogP) is 0.340. The normalized spacial score (nSPS) is 10.5. The molecule has 5 N–H and O–H groups in total. The molecule has 1 aromatic heterocycles. The van der Waals surface area contributed by atoms with Crippen molar-refractivity contribution in [3.05, 3.63) is 5.56 Å². The first-order chi connectivity index (χ1) is 7.45. The molecule has 1 rings (SSSR count). The number of nitrogens with zero attached hydrogens (tertiary/aromatic N) is 3. The van der Waals surface area contributed by atoms with Gasteiger partial charge < -0.3 is 21.8 Å². The van der Waals surface area contributed by atoms with E-state index in [0.29, 0.717) is 0 Å². The molecule has 0 saturated carbocycles. The Kier molecular flexibility index (Phi) is 3.54. The Morgan fingerprint density at radius 3 is 2.56 bits per heavy atom. The monoisotopic (exact) mass is 230 g/mol. The second kappa shape index (κ2) is 4.69. The molecule has 6 nitrogen and oxygen atoms in total. The minimum Gasteiger partial charge on any atom is -0.383 e. The summed E-state index contributed by atoms with van der Waals surface area (Å²) in [6.45, 7) is -0.517. The average Bonchev–Trinajstić information content (AvgIpc) is 2.15. The molecule has 0 saturated heterocycles. The van der Waals surface area contributed by atoms with Crippen LogP contribution in [-0.2, 0) is 0 Å². The molecule has 0 amide bonds. The van der Waals surface area contributed by atoms with Crippen molar-refractivity contribution in [3.8, 4) is 0 Å². The van der Waals surface area contributed by atoms with Crippen LogP contribution in [0.15, 0.2) is 0 Å². The molecule has 0 aromatic carbocycles. The maximum absolute atomic E-state index is 12.2. The maximum Gasteiger partial charge on any atom is 0.255 e. The molecule has 0 aliphatic rings. The zero-order chi connectivity index (χ0) is 12.3. The van der Waals surface area contributed by atoms with Crippen LogP contribution in [0.5, 0.6) is 0 Å². The van der Waals surface area contributed by atoms with Crippen molar-refractivity contribution in [3.63, 3.8) is 0 Å². The molecule has 0 aliphatic heterocycles. The lowest BCUT2D eigenvalue weighted by Crippen LogP contribution is -2.27. The third-order valence-corrected chi connectivity index (χ3v) is 1.89.